The van der Waals surface area contributed by atoms with Crippen molar-refractivity contribution in [3.05, 3.63) is 28.2 Å². The Morgan fingerprint density at radius 2 is 2.12 bits per heavy atom. The maximum atomic E-state index is 9.17. The molecule has 1 aliphatic heterocycles. The molecule has 1 fully saturated rings. The SMILES string of the molecule is CCC1CCN(c2ccc(Br)cc2C#N)CC1. The number of nitriles is 1. The highest BCUT2D eigenvalue weighted by atomic mass is 79.9. The first-order valence-electron chi connectivity index (χ1n) is 6.19. The van der Waals surface area contributed by atoms with Crippen molar-refractivity contribution in [2.75, 3.05) is 18.0 Å². The predicted octanol–water partition coefficient (Wildman–Crippen LogP) is 3.95. The Kier molecular flexibility index (Phi) is 4.06. The van der Waals surface area contributed by atoms with E-state index in [2.05, 4.69) is 39.9 Å². The molecule has 1 heterocycles. The average molecular weight is 293 g/mol. The van der Waals surface area contributed by atoms with Crippen LogP contribution < -0.4 is 4.90 Å². The van der Waals surface area contributed by atoms with E-state index in [-0.39, 0.29) is 0 Å². The van der Waals surface area contributed by atoms with Gasteiger partial charge < -0.3 is 4.90 Å². The second-order valence-corrected chi connectivity index (χ2v) is 5.53. The lowest BCUT2D eigenvalue weighted by Gasteiger charge is -2.33. The Labute approximate surface area is 111 Å². The first-order valence-corrected chi connectivity index (χ1v) is 6.98. The minimum absolute atomic E-state index is 0.773. The van der Waals surface area contributed by atoms with E-state index < -0.39 is 0 Å². The molecule has 0 unspecified atom stereocenters. The van der Waals surface area contributed by atoms with Crippen LogP contribution in [0.5, 0.6) is 0 Å². The predicted molar refractivity (Wildman–Crippen MR) is 74.1 cm³/mol. The van der Waals surface area contributed by atoms with Gasteiger partial charge in [-0.2, -0.15) is 5.26 Å². The highest BCUT2D eigenvalue weighted by Gasteiger charge is 2.19. The molecule has 0 aromatic heterocycles. The third kappa shape index (κ3) is 2.81. The molecule has 1 saturated heterocycles. The van der Waals surface area contributed by atoms with Crippen LogP contribution in [0, 0.1) is 17.2 Å². The van der Waals surface area contributed by atoms with Gasteiger partial charge in [0.15, 0.2) is 0 Å². The van der Waals surface area contributed by atoms with Crippen LogP contribution in [0.1, 0.15) is 31.7 Å². The number of anilines is 1. The molecule has 1 aromatic carbocycles. The van der Waals surface area contributed by atoms with Crippen molar-refractivity contribution in [3.8, 4) is 6.07 Å². The molecule has 0 N–H and O–H groups in total. The van der Waals surface area contributed by atoms with E-state index in [0.717, 1.165) is 34.7 Å². The summed E-state index contributed by atoms with van der Waals surface area (Å²) in [5, 5.41) is 9.17. The Morgan fingerprint density at radius 3 is 2.71 bits per heavy atom. The first-order chi connectivity index (χ1) is 8.24. The monoisotopic (exact) mass is 292 g/mol. The van der Waals surface area contributed by atoms with Crippen LogP contribution in [0.2, 0.25) is 0 Å². The third-order valence-electron chi connectivity index (χ3n) is 3.61. The zero-order valence-electron chi connectivity index (χ0n) is 10.1. The third-order valence-corrected chi connectivity index (χ3v) is 4.10. The van der Waals surface area contributed by atoms with Gasteiger partial charge in [0.25, 0.3) is 0 Å². The number of hydrogen-bond acceptors (Lipinski definition) is 2. The van der Waals surface area contributed by atoms with Gasteiger partial charge in [0.2, 0.25) is 0 Å². The highest BCUT2D eigenvalue weighted by Crippen LogP contribution is 2.29. The molecule has 0 atom stereocenters. The summed E-state index contributed by atoms with van der Waals surface area (Å²) in [7, 11) is 0. The molecule has 0 spiro atoms. The maximum Gasteiger partial charge on any atom is 0.101 e. The lowest BCUT2D eigenvalue weighted by atomic mass is 9.94. The van der Waals surface area contributed by atoms with Crippen LogP contribution in [0.25, 0.3) is 0 Å². The van der Waals surface area contributed by atoms with Crippen molar-refractivity contribution in [3.63, 3.8) is 0 Å². The van der Waals surface area contributed by atoms with E-state index in [9.17, 15) is 5.26 Å². The van der Waals surface area contributed by atoms with E-state index in [1.165, 1.54) is 19.3 Å². The number of rotatable bonds is 2. The Morgan fingerprint density at radius 1 is 1.41 bits per heavy atom. The molecule has 17 heavy (non-hydrogen) atoms. The topological polar surface area (TPSA) is 27.0 Å². The maximum absolute atomic E-state index is 9.17. The van der Waals surface area contributed by atoms with Gasteiger partial charge in [-0.3, -0.25) is 0 Å². The molecule has 0 radical (unpaired) electrons. The molecule has 0 bridgehead atoms. The van der Waals surface area contributed by atoms with Crippen molar-refractivity contribution in [1.82, 2.24) is 0 Å². The normalized spacial score (nSPS) is 16.9. The lowest BCUT2D eigenvalue weighted by molar-refractivity contribution is 0.395. The number of hydrogen-bond donors (Lipinski definition) is 0. The zero-order chi connectivity index (χ0) is 12.3. The minimum Gasteiger partial charge on any atom is -0.370 e. The molecule has 90 valence electrons. The summed E-state index contributed by atoms with van der Waals surface area (Å²) in [5.41, 5.74) is 1.86. The summed E-state index contributed by atoms with van der Waals surface area (Å²) >= 11 is 3.41. The van der Waals surface area contributed by atoms with E-state index >= 15 is 0 Å². The molecule has 2 rings (SSSR count). The molecule has 0 aliphatic carbocycles. The first kappa shape index (κ1) is 12.4. The summed E-state index contributed by atoms with van der Waals surface area (Å²) in [6.07, 6.45) is 3.77. The van der Waals surface area contributed by atoms with Gasteiger partial charge in [0, 0.05) is 17.6 Å². The van der Waals surface area contributed by atoms with Gasteiger partial charge >= 0.3 is 0 Å². The molecule has 1 aromatic rings. The summed E-state index contributed by atoms with van der Waals surface area (Å²) in [5.74, 6) is 0.868. The van der Waals surface area contributed by atoms with Crippen molar-refractivity contribution >= 4 is 21.6 Å². The standard InChI is InChI=1S/C14H17BrN2/c1-2-11-5-7-17(8-6-11)14-4-3-13(15)9-12(14)10-16/h3-4,9,11H,2,5-8H2,1H3. The van der Waals surface area contributed by atoms with Crippen molar-refractivity contribution in [1.29, 1.82) is 5.26 Å². The number of benzene rings is 1. The zero-order valence-corrected chi connectivity index (χ0v) is 11.7. The van der Waals surface area contributed by atoms with E-state index in [1.54, 1.807) is 0 Å². The quantitative estimate of drug-likeness (QED) is 0.825. The van der Waals surface area contributed by atoms with Crippen LogP contribution in [0.4, 0.5) is 5.69 Å². The molecule has 3 heteroatoms. The van der Waals surface area contributed by atoms with Crippen LogP contribution in [-0.2, 0) is 0 Å². The smallest absolute Gasteiger partial charge is 0.101 e. The summed E-state index contributed by atoms with van der Waals surface area (Å²) in [6.45, 7) is 4.42. The van der Waals surface area contributed by atoms with Gasteiger partial charge in [0.05, 0.1) is 11.3 Å². The van der Waals surface area contributed by atoms with E-state index in [1.807, 2.05) is 12.1 Å². The Balaban J connectivity index is 2.16. The van der Waals surface area contributed by atoms with Gasteiger partial charge in [0.1, 0.15) is 6.07 Å². The van der Waals surface area contributed by atoms with Crippen LogP contribution in [0.3, 0.4) is 0 Å². The summed E-state index contributed by atoms with van der Waals surface area (Å²) in [6, 6.07) is 8.26. The van der Waals surface area contributed by atoms with Crippen LogP contribution in [-0.4, -0.2) is 13.1 Å². The van der Waals surface area contributed by atoms with Gasteiger partial charge in [-0.05, 0) is 37.0 Å². The Hall–Kier alpha value is -1.01. The molecule has 2 nitrogen and oxygen atoms in total. The van der Waals surface area contributed by atoms with Gasteiger partial charge in [-0.15, -0.1) is 0 Å². The summed E-state index contributed by atoms with van der Waals surface area (Å²) < 4.78 is 0.973. The van der Waals surface area contributed by atoms with Gasteiger partial charge in [-0.25, -0.2) is 0 Å². The minimum atomic E-state index is 0.773. The second-order valence-electron chi connectivity index (χ2n) is 4.61. The van der Waals surface area contributed by atoms with Crippen LogP contribution >= 0.6 is 15.9 Å². The highest BCUT2D eigenvalue weighted by molar-refractivity contribution is 9.10. The van der Waals surface area contributed by atoms with E-state index in [0.29, 0.717) is 0 Å². The molecule has 0 amide bonds. The molecular formula is C14H17BrN2. The largest absolute Gasteiger partial charge is 0.370 e. The summed E-state index contributed by atoms with van der Waals surface area (Å²) in [4.78, 5) is 2.34. The fraction of sp³-hybridized carbons (Fsp3) is 0.500. The number of halogens is 1. The van der Waals surface area contributed by atoms with Crippen molar-refractivity contribution in [2.45, 2.75) is 26.2 Å². The average Bonchev–Trinajstić information content (AvgIpc) is 2.39. The number of nitrogens with zero attached hydrogens (tertiary/aromatic N) is 2. The molecule has 0 saturated carbocycles. The fourth-order valence-corrected chi connectivity index (χ4v) is 2.82. The molecular weight excluding hydrogens is 276 g/mol. The Bertz CT molecular complexity index is 428. The van der Waals surface area contributed by atoms with Gasteiger partial charge in [-0.1, -0.05) is 29.3 Å². The van der Waals surface area contributed by atoms with Crippen molar-refractivity contribution < 1.29 is 0 Å². The van der Waals surface area contributed by atoms with Crippen molar-refractivity contribution in [2.24, 2.45) is 5.92 Å². The second kappa shape index (κ2) is 5.55. The van der Waals surface area contributed by atoms with E-state index in [4.69, 9.17) is 0 Å². The number of piperidine rings is 1. The van der Waals surface area contributed by atoms with Crippen LogP contribution in [0.15, 0.2) is 22.7 Å². The molecule has 1 aliphatic rings. The lowest BCUT2D eigenvalue weighted by Crippen LogP contribution is -2.33. The fourth-order valence-electron chi connectivity index (χ4n) is 2.46.